The largest absolute Gasteiger partial charge is 0.315 e. The Morgan fingerprint density at radius 3 is 2.79 bits per heavy atom. The number of carbonyl (C=O) groups is 2. The SMILES string of the molecule is CC(N=O)C(=O)c1ccc2c(c1)CCCC(=O)N2C. The van der Waals surface area contributed by atoms with E-state index in [0.717, 1.165) is 24.1 Å². The van der Waals surface area contributed by atoms with E-state index in [1.54, 1.807) is 30.1 Å². The van der Waals surface area contributed by atoms with Gasteiger partial charge < -0.3 is 4.90 Å². The van der Waals surface area contributed by atoms with Crippen molar-refractivity contribution in [3.63, 3.8) is 0 Å². The summed E-state index contributed by atoms with van der Waals surface area (Å²) >= 11 is 0. The number of carbonyl (C=O) groups excluding carboxylic acids is 2. The van der Waals surface area contributed by atoms with Gasteiger partial charge in [0.05, 0.1) is 0 Å². The Kier molecular flexibility index (Phi) is 3.74. The number of fused-ring (bicyclic) bond motifs is 1. The summed E-state index contributed by atoms with van der Waals surface area (Å²) in [7, 11) is 1.74. The molecular formula is C14H16N2O3. The summed E-state index contributed by atoms with van der Waals surface area (Å²) in [5.41, 5.74) is 2.29. The smallest absolute Gasteiger partial charge is 0.226 e. The highest BCUT2D eigenvalue weighted by atomic mass is 16.3. The molecule has 2 rings (SSSR count). The van der Waals surface area contributed by atoms with Gasteiger partial charge >= 0.3 is 0 Å². The summed E-state index contributed by atoms with van der Waals surface area (Å²) in [6, 6.07) is 4.32. The molecule has 0 aliphatic carbocycles. The van der Waals surface area contributed by atoms with Crippen molar-refractivity contribution in [3.8, 4) is 0 Å². The molecule has 1 aromatic carbocycles. The fourth-order valence-electron chi connectivity index (χ4n) is 2.29. The van der Waals surface area contributed by atoms with Crippen LogP contribution in [0.5, 0.6) is 0 Å². The van der Waals surface area contributed by atoms with E-state index in [1.807, 2.05) is 0 Å². The second-order valence-corrected chi connectivity index (χ2v) is 4.80. The van der Waals surface area contributed by atoms with E-state index < -0.39 is 6.04 Å². The van der Waals surface area contributed by atoms with Crippen molar-refractivity contribution in [2.24, 2.45) is 5.18 Å². The highest BCUT2D eigenvalue weighted by Crippen LogP contribution is 2.27. The second kappa shape index (κ2) is 5.30. The van der Waals surface area contributed by atoms with E-state index in [1.165, 1.54) is 6.92 Å². The van der Waals surface area contributed by atoms with Crippen LogP contribution in [0.4, 0.5) is 5.69 Å². The van der Waals surface area contributed by atoms with Crippen molar-refractivity contribution in [2.45, 2.75) is 32.2 Å². The molecule has 0 spiro atoms. The average molecular weight is 260 g/mol. The molecule has 0 fully saturated rings. The van der Waals surface area contributed by atoms with Gasteiger partial charge in [-0.1, -0.05) is 5.18 Å². The van der Waals surface area contributed by atoms with Crippen LogP contribution in [-0.2, 0) is 11.2 Å². The lowest BCUT2D eigenvalue weighted by Crippen LogP contribution is -2.25. The number of hydrogen-bond acceptors (Lipinski definition) is 4. The first-order chi connectivity index (χ1) is 9.04. The zero-order valence-corrected chi connectivity index (χ0v) is 11.0. The van der Waals surface area contributed by atoms with Crippen LogP contribution in [0.25, 0.3) is 0 Å². The summed E-state index contributed by atoms with van der Waals surface area (Å²) in [6.45, 7) is 1.48. The maximum Gasteiger partial charge on any atom is 0.226 e. The standard InChI is InChI=1S/C14H16N2O3/c1-9(15-19)14(18)11-6-7-12-10(8-11)4-3-5-13(17)16(12)2/h6-9H,3-5H2,1-2H3. The average Bonchev–Trinajstić information content (AvgIpc) is 2.57. The number of nitrogens with zero attached hydrogens (tertiary/aromatic N) is 2. The van der Waals surface area contributed by atoms with Crippen LogP contribution in [0, 0.1) is 4.91 Å². The van der Waals surface area contributed by atoms with Crippen LogP contribution in [-0.4, -0.2) is 24.8 Å². The van der Waals surface area contributed by atoms with E-state index in [-0.39, 0.29) is 11.7 Å². The molecule has 0 bridgehead atoms. The Morgan fingerprint density at radius 1 is 1.37 bits per heavy atom. The molecule has 0 N–H and O–H groups in total. The molecule has 19 heavy (non-hydrogen) atoms. The maximum absolute atomic E-state index is 11.9. The van der Waals surface area contributed by atoms with Crippen LogP contribution in [0.1, 0.15) is 35.7 Å². The fourth-order valence-corrected chi connectivity index (χ4v) is 2.29. The zero-order valence-electron chi connectivity index (χ0n) is 11.0. The minimum Gasteiger partial charge on any atom is -0.315 e. The van der Waals surface area contributed by atoms with E-state index in [9.17, 15) is 14.5 Å². The van der Waals surface area contributed by atoms with Gasteiger partial charge in [-0.05, 0) is 43.5 Å². The van der Waals surface area contributed by atoms with Crippen molar-refractivity contribution in [2.75, 3.05) is 11.9 Å². The fraction of sp³-hybridized carbons (Fsp3) is 0.429. The third-order valence-corrected chi connectivity index (χ3v) is 3.47. The van der Waals surface area contributed by atoms with Gasteiger partial charge in [-0.25, -0.2) is 0 Å². The lowest BCUT2D eigenvalue weighted by atomic mass is 9.99. The van der Waals surface area contributed by atoms with E-state index in [4.69, 9.17) is 0 Å². The van der Waals surface area contributed by atoms with Gasteiger partial charge in [0.15, 0.2) is 11.8 Å². The molecule has 5 nitrogen and oxygen atoms in total. The number of rotatable bonds is 3. The molecule has 1 aliphatic rings. The molecule has 100 valence electrons. The van der Waals surface area contributed by atoms with E-state index >= 15 is 0 Å². The molecule has 1 heterocycles. The third-order valence-electron chi connectivity index (χ3n) is 3.47. The Bertz CT molecular complexity index is 539. The maximum atomic E-state index is 11.9. The third kappa shape index (κ3) is 2.54. The molecule has 1 amide bonds. The Hall–Kier alpha value is -2.04. The minimum absolute atomic E-state index is 0.0840. The molecular weight excluding hydrogens is 244 g/mol. The van der Waals surface area contributed by atoms with Crippen molar-refractivity contribution >= 4 is 17.4 Å². The number of ketones is 1. The number of hydrogen-bond donors (Lipinski definition) is 0. The highest BCUT2D eigenvalue weighted by molar-refractivity contribution is 6.01. The molecule has 1 unspecified atom stereocenters. The van der Waals surface area contributed by atoms with Crippen molar-refractivity contribution in [1.29, 1.82) is 0 Å². The Balaban J connectivity index is 2.39. The van der Waals surface area contributed by atoms with Gasteiger partial charge in [0, 0.05) is 24.7 Å². The zero-order chi connectivity index (χ0) is 14.0. The number of benzene rings is 1. The van der Waals surface area contributed by atoms with Crippen LogP contribution in [0.3, 0.4) is 0 Å². The lowest BCUT2D eigenvalue weighted by Gasteiger charge is -2.18. The molecule has 0 saturated carbocycles. The number of aryl methyl sites for hydroxylation is 1. The summed E-state index contributed by atoms with van der Waals surface area (Å²) in [5.74, 6) is -0.197. The molecule has 0 aromatic heterocycles. The van der Waals surface area contributed by atoms with Crippen LogP contribution >= 0.6 is 0 Å². The lowest BCUT2D eigenvalue weighted by molar-refractivity contribution is -0.118. The number of nitroso groups, excluding NO2 is 1. The van der Waals surface area contributed by atoms with Crippen LogP contribution in [0.2, 0.25) is 0 Å². The first-order valence-electron chi connectivity index (χ1n) is 6.30. The Morgan fingerprint density at radius 2 is 2.11 bits per heavy atom. The predicted molar refractivity (Wildman–Crippen MR) is 72.4 cm³/mol. The molecule has 5 heteroatoms. The first-order valence-corrected chi connectivity index (χ1v) is 6.30. The normalized spacial score (nSPS) is 16.5. The summed E-state index contributed by atoms with van der Waals surface area (Å²) in [5, 5.41) is 2.76. The predicted octanol–water partition coefficient (Wildman–Crippen LogP) is 2.32. The summed E-state index contributed by atoms with van der Waals surface area (Å²) in [6.07, 6.45) is 2.05. The molecule has 0 saturated heterocycles. The van der Waals surface area contributed by atoms with Crippen molar-refractivity contribution in [1.82, 2.24) is 0 Å². The van der Waals surface area contributed by atoms with Crippen LogP contribution in [0.15, 0.2) is 23.4 Å². The molecule has 1 aromatic rings. The van der Waals surface area contributed by atoms with E-state index in [2.05, 4.69) is 5.18 Å². The topological polar surface area (TPSA) is 66.8 Å². The van der Waals surface area contributed by atoms with Crippen LogP contribution < -0.4 is 4.90 Å². The van der Waals surface area contributed by atoms with Gasteiger partial charge in [0.1, 0.15) is 0 Å². The van der Waals surface area contributed by atoms with Gasteiger partial charge in [0.2, 0.25) is 5.91 Å². The molecule has 1 atom stereocenters. The summed E-state index contributed by atoms with van der Waals surface area (Å²) < 4.78 is 0. The van der Waals surface area contributed by atoms with Crippen molar-refractivity contribution < 1.29 is 9.59 Å². The first kappa shape index (κ1) is 13.4. The second-order valence-electron chi connectivity index (χ2n) is 4.80. The minimum atomic E-state index is -0.872. The van der Waals surface area contributed by atoms with Crippen molar-refractivity contribution in [3.05, 3.63) is 34.2 Å². The van der Waals surface area contributed by atoms with Gasteiger partial charge in [-0.2, -0.15) is 4.91 Å². The summed E-state index contributed by atoms with van der Waals surface area (Å²) in [4.78, 5) is 35.7. The highest BCUT2D eigenvalue weighted by Gasteiger charge is 2.21. The van der Waals surface area contributed by atoms with Gasteiger partial charge in [-0.15, -0.1) is 0 Å². The Labute approximate surface area is 111 Å². The number of amides is 1. The number of anilines is 1. The van der Waals surface area contributed by atoms with Gasteiger partial charge in [0.25, 0.3) is 0 Å². The number of Topliss-reactive ketones (excluding diaryl/α,β-unsaturated/α-hetero) is 1. The van der Waals surface area contributed by atoms with Gasteiger partial charge in [-0.3, -0.25) is 9.59 Å². The monoisotopic (exact) mass is 260 g/mol. The van der Waals surface area contributed by atoms with E-state index in [0.29, 0.717) is 12.0 Å². The quantitative estimate of drug-likeness (QED) is 0.618. The molecule has 1 aliphatic heterocycles. The molecule has 0 radical (unpaired) electrons.